The van der Waals surface area contributed by atoms with Crippen molar-refractivity contribution in [2.24, 2.45) is 0 Å². The Hall–Kier alpha value is -4.71. The molecule has 0 saturated carbocycles. The number of ether oxygens (including phenoxy) is 1. The maximum absolute atomic E-state index is 12.2. The van der Waals surface area contributed by atoms with Gasteiger partial charge in [0.05, 0.1) is 29.7 Å². The van der Waals surface area contributed by atoms with E-state index < -0.39 is 0 Å². The number of carbonyl (C=O) groups excluding carboxylic acids is 1. The molecule has 1 aromatic carbocycles. The maximum atomic E-state index is 12.2. The Kier molecular flexibility index (Phi) is 8.02. The van der Waals surface area contributed by atoms with Gasteiger partial charge < -0.3 is 30.5 Å². The molecule has 4 rings (SSSR count). The van der Waals surface area contributed by atoms with Crippen LogP contribution < -0.4 is 30.5 Å². The standard InChI is InChI=1S/C26H32N10O2/c1-7-23(37)30-17-15-18(21(38-6)16-20(17)35(5)14-13-27-2)31-26-29-12-10-22(32-26)36-19-9-8-11-28-24(19)25(33-36)34(3)4/h7-12,15-16,27H,1,13-14H2,2-6H3,(H,30,37)(H,29,31,32). The quantitative estimate of drug-likeness (QED) is 0.256. The molecule has 38 heavy (non-hydrogen) atoms. The minimum atomic E-state index is -0.321. The summed E-state index contributed by atoms with van der Waals surface area (Å²) in [6.45, 7) is 5.05. The summed E-state index contributed by atoms with van der Waals surface area (Å²) in [5.41, 5.74) is 3.55. The first-order valence-corrected chi connectivity index (χ1v) is 12.0. The first-order valence-electron chi connectivity index (χ1n) is 12.0. The van der Waals surface area contributed by atoms with Crippen LogP contribution in [0.2, 0.25) is 0 Å². The van der Waals surface area contributed by atoms with Crippen molar-refractivity contribution in [3.63, 3.8) is 0 Å². The number of benzene rings is 1. The van der Waals surface area contributed by atoms with Gasteiger partial charge in [-0.25, -0.2) is 9.67 Å². The van der Waals surface area contributed by atoms with Gasteiger partial charge in [0, 0.05) is 58.8 Å². The number of nitrogens with zero attached hydrogens (tertiary/aromatic N) is 7. The van der Waals surface area contributed by atoms with Crippen molar-refractivity contribution in [1.82, 2.24) is 30.0 Å². The number of fused-ring (bicyclic) bond motifs is 1. The van der Waals surface area contributed by atoms with E-state index >= 15 is 0 Å². The molecule has 198 valence electrons. The number of aromatic nitrogens is 5. The number of hydrogen-bond acceptors (Lipinski definition) is 10. The fourth-order valence-corrected chi connectivity index (χ4v) is 3.89. The van der Waals surface area contributed by atoms with Crippen molar-refractivity contribution < 1.29 is 9.53 Å². The maximum Gasteiger partial charge on any atom is 0.247 e. The van der Waals surface area contributed by atoms with Crippen LogP contribution in [0.3, 0.4) is 0 Å². The molecular formula is C26H32N10O2. The largest absolute Gasteiger partial charge is 0.494 e. The SMILES string of the molecule is C=CC(=O)Nc1cc(Nc2nccc(-n3nc(N(C)C)c4ncccc43)n2)c(OC)cc1N(C)CCNC. The molecule has 0 aliphatic rings. The molecule has 3 aromatic heterocycles. The van der Waals surface area contributed by atoms with E-state index in [1.54, 1.807) is 36.3 Å². The van der Waals surface area contributed by atoms with E-state index in [1.807, 2.05) is 56.2 Å². The fraction of sp³-hybridized carbons (Fsp3) is 0.269. The number of pyridine rings is 1. The van der Waals surface area contributed by atoms with Crippen molar-refractivity contribution in [1.29, 1.82) is 0 Å². The molecule has 12 heteroatoms. The third kappa shape index (κ3) is 5.49. The number of carbonyl (C=O) groups is 1. The lowest BCUT2D eigenvalue weighted by Crippen LogP contribution is -2.28. The summed E-state index contributed by atoms with van der Waals surface area (Å²) in [6.07, 6.45) is 4.62. The molecule has 3 N–H and O–H groups in total. The molecule has 0 spiro atoms. The van der Waals surface area contributed by atoms with Gasteiger partial charge in [0.25, 0.3) is 0 Å². The van der Waals surface area contributed by atoms with Crippen LogP contribution in [0.4, 0.5) is 28.8 Å². The molecule has 3 heterocycles. The molecule has 0 saturated heterocycles. The van der Waals surface area contributed by atoms with E-state index in [4.69, 9.17) is 14.8 Å². The lowest BCUT2D eigenvalue weighted by Gasteiger charge is -2.24. The van der Waals surface area contributed by atoms with Crippen molar-refractivity contribution in [3.8, 4) is 11.6 Å². The normalized spacial score (nSPS) is 10.8. The second-order valence-electron chi connectivity index (χ2n) is 8.65. The van der Waals surface area contributed by atoms with E-state index in [1.165, 1.54) is 6.08 Å². The summed E-state index contributed by atoms with van der Waals surface area (Å²) >= 11 is 0. The third-order valence-corrected chi connectivity index (χ3v) is 5.82. The zero-order valence-corrected chi connectivity index (χ0v) is 22.2. The predicted molar refractivity (Wildman–Crippen MR) is 151 cm³/mol. The van der Waals surface area contributed by atoms with Gasteiger partial charge in [0.15, 0.2) is 11.6 Å². The van der Waals surface area contributed by atoms with Gasteiger partial charge in [-0.2, -0.15) is 4.98 Å². The van der Waals surface area contributed by atoms with Gasteiger partial charge in [-0.1, -0.05) is 6.58 Å². The Morgan fingerprint density at radius 2 is 1.97 bits per heavy atom. The molecule has 12 nitrogen and oxygen atoms in total. The number of amides is 1. The van der Waals surface area contributed by atoms with E-state index in [9.17, 15) is 4.79 Å². The lowest BCUT2D eigenvalue weighted by molar-refractivity contribution is -0.111. The highest BCUT2D eigenvalue weighted by molar-refractivity contribution is 6.02. The van der Waals surface area contributed by atoms with Gasteiger partial charge >= 0.3 is 0 Å². The summed E-state index contributed by atoms with van der Waals surface area (Å²) < 4.78 is 7.41. The molecule has 4 aromatic rings. The highest BCUT2D eigenvalue weighted by atomic mass is 16.5. The summed E-state index contributed by atoms with van der Waals surface area (Å²) in [7, 11) is 9.26. The number of nitrogens with one attached hydrogen (secondary N) is 3. The first-order chi connectivity index (χ1) is 18.4. The molecule has 0 aliphatic heterocycles. The summed E-state index contributed by atoms with van der Waals surface area (Å²) in [4.78, 5) is 29.7. The van der Waals surface area contributed by atoms with Gasteiger partial charge in [-0.15, -0.1) is 5.10 Å². The Morgan fingerprint density at radius 3 is 2.68 bits per heavy atom. The highest BCUT2D eigenvalue weighted by Crippen LogP contribution is 2.38. The second-order valence-corrected chi connectivity index (χ2v) is 8.65. The number of hydrogen-bond donors (Lipinski definition) is 3. The molecule has 0 aliphatic carbocycles. The number of anilines is 5. The van der Waals surface area contributed by atoms with Crippen LogP contribution in [0.1, 0.15) is 0 Å². The van der Waals surface area contributed by atoms with Crippen LogP contribution in [0, 0.1) is 0 Å². The van der Waals surface area contributed by atoms with Crippen LogP contribution in [0.15, 0.2) is 55.4 Å². The molecule has 0 bridgehead atoms. The van der Waals surface area contributed by atoms with Crippen molar-refractivity contribution in [3.05, 3.63) is 55.4 Å². The van der Waals surface area contributed by atoms with Crippen LogP contribution >= 0.6 is 0 Å². The minimum absolute atomic E-state index is 0.321. The number of rotatable bonds is 11. The van der Waals surface area contributed by atoms with Gasteiger partial charge in [0.1, 0.15) is 11.3 Å². The zero-order valence-electron chi connectivity index (χ0n) is 22.2. The average Bonchev–Trinajstić information content (AvgIpc) is 3.32. The molecule has 1 amide bonds. The van der Waals surface area contributed by atoms with E-state index in [2.05, 4.69) is 32.5 Å². The summed E-state index contributed by atoms with van der Waals surface area (Å²) in [6, 6.07) is 9.23. The second kappa shape index (κ2) is 11.6. The van der Waals surface area contributed by atoms with Crippen molar-refractivity contribution >= 4 is 45.8 Å². The van der Waals surface area contributed by atoms with Crippen LogP contribution in [-0.4, -0.2) is 79.0 Å². The Balaban J connectivity index is 1.73. The van der Waals surface area contributed by atoms with Crippen LogP contribution in [0.25, 0.3) is 16.9 Å². The Morgan fingerprint density at radius 1 is 1.16 bits per heavy atom. The van der Waals surface area contributed by atoms with E-state index in [0.29, 0.717) is 28.9 Å². The summed E-state index contributed by atoms with van der Waals surface area (Å²) in [5.74, 6) is 1.87. The smallest absolute Gasteiger partial charge is 0.247 e. The predicted octanol–water partition coefficient (Wildman–Crippen LogP) is 2.81. The fourth-order valence-electron chi connectivity index (χ4n) is 3.89. The van der Waals surface area contributed by atoms with Gasteiger partial charge in [-0.05, 0) is 31.3 Å². The Labute approximate surface area is 221 Å². The van der Waals surface area contributed by atoms with E-state index in [0.717, 1.165) is 35.6 Å². The molecule has 0 fully saturated rings. The topological polar surface area (TPSA) is 125 Å². The van der Waals surface area contributed by atoms with Crippen molar-refractivity contribution in [2.45, 2.75) is 0 Å². The number of likely N-dealkylation sites (N-methyl/N-ethyl adjacent to an activating group) is 2. The third-order valence-electron chi connectivity index (χ3n) is 5.82. The zero-order chi connectivity index (χ0) is 27.2. The van der Waals surface area contributed by atoms with Crippen LogP contribution in [0.5, 0.6) is 5.75 Å². The summed E-state index contributed by atoms with van der Waals surface area (Å²) in [5, 5.41) is 14.0. The first kappa shape index (κ1) is 26.4. The molecular weight excluding hydrogens is 484 g/mol. The van der Waals surface area contributed by atoms with Crippen LogP contribution in [-0.2, 0) is 4.79 Å². The highest BCUT2D eigenvalue weighted by Gasteiger charge is 2.18. The van der Waals surface area contributed by atoms with Gasteiger partial charge in [0.2, 0.25) is 11.9 Å². The molecule has 0 atom stereocenters. The van der Waals surface area contributed by atoms with Crippen molar-refractivity contribution in [2.75, 3.05) is 68.8 Å². The molecule has 0 radical (unpaired) electrons. The van der Waals surface area contributed by atoms with Gasteiger partial charge in [-0.3, -0.25) is 9.78 Å². The van der Waals surface area contributed by atoms with E-state index in [-0.39, 0.29) is 5.91 Å². The minimum Gasteiger partial charge on any atom is -0.494 e. The average molecular weight is 517 g/mol. The molecule has 0 unspecified atom stereocenters. The Bertz CT molecular complexity index is 1450. The monoisotopic (exact) mass is 516 g/mol. The lowest BCUT2D eigenvalue weighted by atomic mass is 10.2. The number of methoxy groups -OCH3 is 1.